The maximum absolute atomic E-state index is 12.5. The van der Waals surface area contributed by atoms with Crippen molar-refractivity contribution in [1.82, 2.24) is 4.72 Å². The molecule has 1 saturated carbocycles. The summed E-state index contributed by atoms with van der Waals surface area (Å²) >= 11 is 0. The fraction of sp³-hybridized carbons (Fsp3) is 0.391. The predicted molar refractivity (Wildman–Crippen MR) is 119 cm³/mol. The lowest BCUT2D eigenvalue weighted by Crippen LogP contribution is -2.36. The lowest BCUT2D eigenvalue weighted by atomic mass is 9.96. The van der Waals surface area contributed by atoms with E-state index in [2.05, 4.69) is 10.0 Å². The van der Waals surface area contributed by atoms with Crippen LogP contribution < -0.4 is 14.8 Å². The predicted octanol–water partition coefficient (Wildman–Crippen LogP) is 3.91. The number of hydrogen-bond donors (Lipinski definition) is 2. The molecule has 0 radical (unpaired) electrons. The molecule has 3 rings (SSSR count). The molecule has 31 heavy (non-hydrogen) atoms. The lowest BCUT2D eigenvalue weighted by Gasteiger charge is -2.22. The monoisotopic (exact) mass is 444 g/mol. The number of ketones is 1. The smallest absolute Gasteiger partial charge is 0.240 e. The first-order chi connectivity index (χ1) is 14.9. The zero-order valence-electron chi connectivity index (χ0n) is 17.6. The zero-order chi connectivity index (χ0) is 22.3. The standard InChI is InChI=1S/C23H28N2O5S/c1-30-20-11-7-17(8-12-20)22(26)15-16-23(27)24-18-9-13-21(14-10-18)31(28,29)25-19-5-3-2-4-6-19/h7-14,19,25H,2-6,15-16H2,1H3,(H,24,27). The van der Waals surface area contributed by atoms with E-state index in [1.807, 2.05) is 0 Å². The Morgan fingerprint density at radius 1 is 0.935 bits per heavy atom. The Morgan fingerprint density at radius 2 is 1.58 bits per heavy atom. The van der Waals surface area contributed by atoms with Crippen LogP contribution in [0.2, 0.25) is 0 Å². The van der Waals surface area contributed by atoms with E-state index >= 15 is 0 Å². The minimum absolute atomic E-state index is 0.0126. The van der Waals surface area contributed by atoms with Crippen molar-refractivity contribution in [3.63, 3.8) is 0 Å². The van der Waals surface area contributed by atoms with Crippen LogP contribution in [-0.2, 0) is 14.8 Å². The minimum atomic E-state index is -3.58. The molecular formula is C23H28N2O5S. The Bertz CT molecular complexity index is 995. The largest absolute Gasteiger partial charge is 0.497 e. The van der Waals surface area contributed by atoms with Gasteiger partial charge in [-0.25, -0.2) is 13.1 Å². The summed E-state index contributed by atoms with van der Waals surface area (Å²) in [5.74, 6) is 0.222. The van der Waals surface area contributed by atoms with Crippen LogP contribution in [0.5, 0.6) is 5.75 Å². The molecule has 1 aliphatic carbocycles. The fourth-order valence-electron chi connectivity index (χ4n) is 3.60. The molecule has 166 valence electrons. The van der Waals surface area contributed by atoms with Crippen molar-refractivity contribution in [3.05, 3.63) is 54.1 Å². The van der Waals surface area contributed by atoms with E-state index in [9.17, 15) is 18.0 Å². The molecule has 1 amide bonds. The highest BCUT2D eigenvalue weighted by Gasteiger charge is 2.21. The number of Topliss-reactive ketones (excluding diaryl/α,β-unsaturated/α-hetero) is 1. The quantitative estimate of drug-likeness (QED) is 0.571. The van der Waals surface area contributed by atoms with E-state index < -0.39 is 10.0 Å². The number of carbonyl (C=O) groups excluding carboxylic acids is 2. The molecule has 1 aliphatic rings. The summed E-state index contributed by atoms with van der Waals surface area (Å²) in [4.78, 5) is 24.6. The van der Waals surface area contributed by atoms with E-state index in [0.717, 1.165) is 32.1 Å². The van der Waals surface area contributed by atoms with E-state index in [1.54, 1.807) is 43.5 Å². The van der Waals surface area contributed by atoms with Gasteiger partial charge in [0.15, 0.2) is 5.78 Å². The van der Waals surface area contributed by atoms with E-state index in [0.29, 0.717) is 17.0 Å². The first-order valence-electron chi connectivity index (χ1n) is 10.5. The van der Waals surface area contributed by atoms with Crippen molar-refractivity contribution in [2.45, 2.75) is 55.9 Å². The number of carbonyl (C=O) groups is 2. The third-order valence-corrected chi connectivity index (χ3v) is 6.90. The lowest BCUT2D eigenvalue weighted by molar-refractivity contribution is -0.116. The second kappa shape index (κ2) is 10.5. The number of rotatable bonds is 9. The number of ether oxygens (including phenoxy) is 1. The molecule has 1 fully saturated rings. The minimum Gasteiger partial charge on any atom is -0.497 e. The molecule has 0 aromatic heterocycles. The molecule has 0 bridgehead atoms. The van der Waals surface area contributed by atoms with Crippen molar-refractivity contribution >= 4 is 27.4 Å². The van der Waals surface area contributed by atoms with Crippen LogP contribution in [0.1, 0.15) is 55.3 Å². The molecule has 8 heteroatoms. The summed E-state index contributed by atoms with van der Waals surface area (Å²) in [7, 11) is -2.03. The second-order valence-corrected chi connectivity index (χ2v) is 9.39. The third kappa shape index (κ3) is 6.63. The molecule has 0 atom stereocenters. The Kier molecular flexibility index (Phi) is 7.81. The highest BCUT2D eigenvalue weighted by atomic mass is 32.2. The van der Waals surface area contributed by atoms with Gasteiger partial charge in [0.1, 0.15) is 5.75 Å². The van der Waals surface area contributed by atoms with Crippen LogP contribution in [0.3, 0.4) is 0 Å². The Labute approximate surface area is 183 Å². The molecule has 0 unspecified atom stereocenters. The van der Waals surface area contributed by atoms with Crippen molar-refractivity contribution in [2.75, 3.05) is 12.4 Å². The van der Waals surface area contributed by atoms with Crippen molar-refractivity contribution in [2.24, 2.45) is 0 Å². The summed E-state index contributed by atoms with van der Waals surface area (Å²) in [6, 6.07) is 12.8. The topological polar surface area (TPSA) is 102 Å². The Morgan fingerprint density at radius 3 is 2.19 bits per heavy atom. The number of amides is 1. The normalized spacial score (nSPS) is 14.7. The van der Waals surface area contributed by atoms with Crippen LogP contribution in [0.4, 0.5) is 5.69 Å². The highest BCUT2D eigenvalue weighted by molar-refractivity contribution is 7.89. The number of anilines is 1. The molecule has 2 aromatic carbocycles. The summed E-state index contributed by atoms with van der Waals surface area (Å²) in [5.41, 5.74) is 1.01. The van der Waals surface area contributed by atoms with Crippen molar-refractivity contribution < 1.29 is 22.7 Å². The van der Waals surface area contributed by atoms with E-state index in [4.69, 9.17) is 4.74 Å². The molecule has 0 saturated heterocycles. The molecule has 0 heterocycles. The van der Waals surface area contributed by atoms with Gasteiger partial charge in [-0.1, -0.05) is 19.3 Å². The van der Waals surface area contributed by atoms with Gasteiger partial charge < -0.3 is 10.1 Å². The number of sulfonamides is 1. The second-order valence-electron chi connectivity index (χ2n) is 7.68. The number of nitrogens with one attached hydrogen (secondary N) is 2. The molecule has 7 nitrogen and oxygen atoms in total. The van der Waals surface area contributed by atoms with Gasteiger partial charge in [-0.15, -0.1) is 0 Å². The molecule has 0 aliphatic heterocycles. The van der Waals surface area contributed by atoms with Gasteiger partial charge in [-0.05, 0) is 61.4 Å². The highest BCUT2D eigenvalue weighted by Crippen LogP contribution is 2.21. The molecule has 2 N–H and O–H groups in total. The van der Waals surface area contributed by atoms with Gasteiger partial charge in [0.25, 0.3) is 0 Å². The first-order valence-corrected chi connectivity index (χ1v) is 12.0. The molecule has 2 aromatic rings. The van der Waals surface area contributed by atoms with Gasteiger partial charge in [-0.3, -0.25) is 9.59 Å². The van der Waals surface area contributed by atoms with Crippen LogP contribution in [0.25, 0.3) is 0 Å². The number of benzene rings is 2. The van der Waals surface area contributed by atoms with Gasteiger partial charge in [-0.2, -0.15) is 0 Å². The van der Waals surface area contributed by atoms with Crippen molar-refractivity contribution in [1.29, 1.82) is 0 Å². The van der Waals surface area contributed by atoms with Crippen LogP contribution in [-0.4, -0.2) is 33.3 Å². The van der Waals surface area contributed by atoms with Crippen molar-refractivity contribution in [3.8, 4) is 5.75 Å². The molecule has 0 spiro atoms. The zero-order valence-corrected chi connectivity index (χ0v) is 18.4. The number of methoxy groups -OCH3 is 1. The third-order valence-electron chi connectivity index (χ3n) is 5.37. The van der Waals surface area contributed by atoms with E-state index in [1.165, 1.54) is 12.1 Å². The fourth-order valence-corrected chi connectivity index (χ4v) is 4.90. The maximum Gasteiger partial charge on any atom is 0.240 e. The summed E-state index contributed by atoms with van der Waals surface area (Å²) < 4.78 is 32.9. The Balaban J connectivity index is 1.50. The number of hydrogen-bond acceptors (Lipinski definition) is 5. The van der Waals surface area contributed by atoms with Crippen LogP contribution in [0.15, 0.2) is 53.4 Å². The van der Waals surface area contributed by atoms with Gasteiger partial charge in [0, 0.05) is 30.1 Å². The molecular weight excluding hydrogens is 416 g/mol. The summed E-state index contributed by atoms with van der Waals surface area (Å²) in [5, 5.41) is 2.70. The average molecular weight is 445 g/mol. The summed E-state index contributed by atoms with van der Waals surface area (Å²) in [6.07, 6.45) is 5.08. The Hall–Kier alpha value is -2.71. The maximum atomic E-state index is 12.5. The SMILES string of the molecule is COc1ccc(C(=O)CCC(=O)Nc2ccc(S(=O)(=O)NC3CCCCC3)cc2)cc1. The van der Waals surface area contributed by atoms with E-state index in [-0.39, 0.29) is 35.5 Å². The first kappa shape index (κ1) is 23.0. The van der Waals surface area contributed by atoms with Gasteiger partial charge in [0.2, 0.25) is 15.9 Å². The summed E-state index contributed by atoms with van der Waals surface area (Å²) in [6.45, 7) is 0. The van der Waals surface area contributed by atoms with Gasteiger partial charge in [0.05, 0.1) is 12.0 Å². The van der Waals surface area contributed by atoms with Gasteiger partial charge >= 0.3 is 0 Å². The average Bonchev–Trinajstić information content (AvgIpc) is 2.78. The van der Waals surface area contributed by atoms with Crippen LogP contribution in [0, 0.1) is 0 Å². The van der Waals surface area contributed by atoms with Crippen LogP contribution >= 0.6 is 0 Å².